The first kappa shape index (κ1) is 117. The van der Waals surface area contributed by atoms with E-state index in [-0.39, 0.29) is 11.8 Å². The summed E-state index contributed by atoms with van der Waals surface area (Å²) in [7, 11) is 5.68. The van der Waals surface area contributed by atoms with Gasteiger partial charge in [-0.2, -0.15) is 37.2 Å². The molecule has 13 aromatic heterocycles. The molecule has 1 N–H and O–H groups in total. The summed E-state index contributed by atoms with van der Waals surface area (Å²) in [6, 6.07) is 22.8. The summed E-state index contributed by atoms with van der Waals surface area (Å²) in [4.78, 5) is 41.7. The number of ether oxygens (including phenoxy) is 2. The number of aromatic nitrogens is 21. The van der Waals surface area contributed by atoms with Gasteiger partial charge in [0.15, 0.2) is 11.6 Å². The van der Waals surface area contributed by atoms with Gasteiger partial charge in [0, 0.05) is 128 Å². The Morgan fingerprint density at radius 2 is 1.11 bits per heavy atom. The minimum atomic E-state index is -4.40. The zero-order valence-corrected chi connectivity index (χ0v) is 89.2. The highest BCUT2D eigenvalue weighted by molar-refractivity contribution is 7.11. The molecular formula is C102H155F3N22O5S3. The van der Waals surface area contributed by atoms with Crippen LogP contribution in [0, 0.1) is 34.6 Å². The zero-order valence-electron chi connectivity index (χ0n) is 86.7. The summed E-state index contributed by atoms with van der Waals surface area (Å²) in [5.74, 6) is 11.3. The van der Waals surface area contributed by atoms with E-state index in [0.29, 0.717) is 121 Å². The van der Waals surface area contributed by atoms with E-state index in [0.717, 1.165) is 86.7 Å². The van der Waals surface area contributed by atoms with Crippen molar-refractivity contribution in [3.05, 3.63) is 251 Å². The summed E-state index contributed by atoms with van der Waals surface area (Å²) < 4.78 is 70.3. The lowest BCUT2D eigenvalue weighted by atomic mass is 10.0. The average Bonchev–Trinajstić information content (AvgIpc) is 1.77. The first-order chi connectivity index (χ1) is 63.5. The molecule has 0 bridgehead atoms. The van der Waals surface area contributed by atoms with E-state index in [9.17, 15) is 18.0 Å². The Hall–Kier alpha value is -10.3. The predicted molar refractivity (Wildman–Crippen MR) is 540 cm³/mol. The number of carbonyl (C=O) groups excluding carboxylic acids is 1. The lowest BCUT2D eigenvalue weighted by molar-refractivity contribution is -0.141. The number of rotatable bonds is 16. The normalized spacial score (nSPS) is 12.7. The molecule has 2 aliphatic heterocycles. The van der Waals surface area contributed by atoms with Gasteiger partial charge in [-0.05, 0) is 207 Å². The van der Waals surface area contributed by atoms with Gasteiger partial charge in [0.05, 0.1) is 84.5 Å². The van der Waals surface area contributed by atoms with Gasteiger partial charge >= 0.3 is 6.18 Å². The molecule has 33 heteroatoms. The van der Waals surface area contributed by atoms with E-state index >= 15 is 0 Å². The fourth-order valence-electron chi connectivity index (χ4n) is 11.2. The number of morpholine rings is 1. The maximum atomic E-state index is 12.3. The van der Waals surface area contributed by atoms with Crippen LogP contribution in [0.25, 0.3) is 0 Å². The fraction of sp³-hybridized carbons (Fsp3) is 0.569. The first-order valence-electron chi connectivity index (χ1n) is 47.0. The second-order valence-corrected chi connectivity index (χ2v) is 40.4. The van der Waals surface area contributed by atoms with Crippen LogP contribution in [0.5, 0.6) is 0 Å². The highest BCUT2D eigenvalue weighted by Gasteiger charge is 2.33. The summed E-state index contributed by atoms with van der Waals surface area (Å²) in [5, 5.41) is 39.9. The van der Waals surface area contributed by atoms with Crippen LogP contribution >= 0.6 is 34.4 Å². The van der Waals surface area contributed by atoms with Crippen molar-refractivity contribution < 1.29 is 36.4 Å². The molecule has 2 saturated heterocycles. The van der Waals surface area contributed by atoms with Crippen LogP contribution in [0.1, 0.15) is 409 Å². The summed E-state index contributed by atoms with van der Waals surface area (Å²) >= 11 is 4.86. The van der Waals surface area contributed by atoms with Crippen LogP contribution < -0.4 is 0 Å². The number of pyridine rings is 2. The number of H-pyrrole nitrogens is 1. The summed E-state index contributed by atoms with van der Waals surface area (Å²) in [5.41, 5.74) is 13.1. The fourth-order valence-corrected chi connectivity index (χ4v) is 13.3. The van der Waals surface area contributed by atoms with Crippen LogP contribution in [0.15, 0.2) is 138 Å². The largest absolute Gasteiger partial charge is 0.446 e. The van der Waals surface area contributed by atoms with Crippen molar-refractivity contribution in [3.8, 4) is 0 Å². The van der Waals surface area contributed by atoms with Gasteiger partial charge in [0.25, 0.3) is 5.91 Å². The molecule has 13 aromatic rings. The van der Waals surface area contributed by atoms with Gasteiger partial charge in [0.2, 0.25) is 0 Å². The van der Waals surface area contributed by atoms with Gasteiger partial charge in [-0.3, -0.25) is 29.2 Å². The average molecular weight is 1920 g/mol. The van der Waals surface area contributed by atoms with Crippen molar-refractivity contribution in [3.63, 3.8) is 0 Å². The lowest BCUT2D eigenvalue weighted by Crippen LogP contribution is -2.41. The molecule has 1 saturated carbocycles. The van der Waals surface area contributed by atoms with E-state index in [1.807, 2.05) is 152 Å². The second kappa shape index (κ2) is 60.3. The summed E-state index contributed by atoms with van der Waals surface area (Å²) in [6.45, 7) is 69.1. The molecule has 135 heavy (non-hydrogen) atoms. The second-order valence-electron chi connectivity index (χ2n) is 37.3. The van der Waals surface area contributed by atoms with Crippen LogP contribution in [0.4, 0.5) is 13.2 Å². The predicted octanol–water partition coefficient (Wildman–Crippen LogP) is 26.0. The van der Waals surface area contributed by atoms with Crippen molar-refractivity contribution in [2.45, 2.75) is 322 Å². The zero-order chi connectivity index (χ0) is 101. The molecule has 742 valence electrons. The monoisotopic (exact) mass is 1920 g/mol. The highest BCUT2D eigenvalue weighted by Crippen LogP contribution is 2.38. The Morgan fingerprint density at radius 3 is 1.44 bits per heavy atom. The number of hydrogen-bond donors (Lipinski definition) is 1. The first-order valence-corrected chi connectivity index (χ1v) is 49.3. The molecule has 0 radical (unpaired) electrons. The standard InChI is InChI=1S/C12H19N3O2.C10H14N2.C9H14N2O.C8H9F3N2.2C8H11N.C7H12N2.2C7H11NO.2C7H11NS.C6H11N3.C6H10N2S/c1-9(2)10-8-11(14(3)13-10)12(16)15-4-6-17-7-5-15;1-7(2)9-5-6-11-10(12-9)8-3-4-8;1-6(2)8-3-9(11-10-8)7-4-12-5-7;1-5(2)6-3-4-7(13-12-6)8(9,10)11;1-7(2)8-3-5-9-6-4-8;1-7(2)8-4-3-5-9-6-8;1-6(2)7-4-9(3)5-8-7;1-5(2)7-8-4-6(3)9-7;2*1-5(2)7-4-6(3)9-8-7;1-5(2)7-4-6(3)8-9-7;1-5(2)6-4-9(3)8-7-6;1-4(2)6-8-7-5(3)9-6/h8-9H,4-7H2,1-3H3;5-8H,3-4H2,1-2H3;3,6-7H,4-5H2,1-2H3,(H,10,11);3-5H,1-2H3;2*3-7H,1-2H3;4-6H,1-3H3;5*4-5H,1-3H3;4H,1-3H3. The third-order valence-electron chi connectivity index (χ3n) is 20.2. The van der Waals surface area contributed by atoms with E-state index in [1.165, 1.54) is 56.9 Å². The number of aromatic amines is 1. The van der Waals surface area contributed by atoms with E-state index < -0.39 is 11.9 Å². The van der Waals surface area contributed by atoms with Crippen LogP contribution in [-0.4, -0.2) is 154 Å². The van der Waals surface area contributed by atoms with Gasteiger partial charge in [0.1, 0.15) is 33.1 Å². The Bertz CT molecular complexity index is 4820. The number of alkyl halides is 3. The molecule has 3 fully saturated rings. The Balaban J connectivity index is 0.000000307. The number of amides is 1. The van der Waals surface area contributed by atoms with Crippen LogP contribution in [0.2, 0.25) is 0 Å². The summed E-state index contributed by atoms with van der Waals surface area (Å²) in [6.07, 6.45) is 15.0. The number of carbonyl (C=O) groups is 1. The SMILES string of the molecule is CC(C)c1cc(C(=O)N2CCOCC2)n(C)n1.CC(C)c1cc(C2COC2)[nH]n1.CC(C)c1ccc(C(F)(F)F)nn1.CC(C)c1cccnc1.CC(C)c1ccnc(C2CC2)n1.CC(C)c1ccncc1.CC(C)c1cn(C)cn1.CC(C)c1cn(C)nn1.Cc1cc(C(C)C)no1.Cc1cc(C(C)C)ns1.Cc1cc(C(C)C)sn1.Cc1cnc(C(C)C)o1.Cc1nnc(C(C)C)s1. The molecule has 1 aliphatic carbocycles. The van der Waals surface area contributed by atoms with Crippen molar-refractivity contribution in [2.24, 2.45) is 21.1 Å². The molecule has 27 nitrogen and oxygen atoms in total. The molecular weight excluding hydrogens is 1770 g/mol. The molecule has 15 heterocycles. The lowest BCUT2D eigenvalue weighted by Gasteiger charge is -2.26. The highest BCUT2D eigenvalue weighted by atomic mass is 32.1. The third-order valence-corrected chi connectivity index (χ3v) is 23.2. The quantitative estimate of drug-likeness (QED) is 0.0939. The van der Waals surface area contributed by atoms with Gasteiger partial charge < -0.3 is 27.9 Å². The van der Waals surface area contributed by atoms with Crippen LogP contribution in [-0.2, 0) is 36.8 Å². The Morgan fingerprint density at radius 1 is 0.496 bits per heavy atom. The molecule has 0 unspecified atom stereocenters. The number of nitrogens with zero attached hydrogens (tertiary/aromatic N) is 21. The van der Waals surface area contributed by atoms with Crippen molar-refractivity contribution >= 4 is 40.3 Å². The molecule has 3 aliphatic rings. The maximum absolute atomic E-state index is 12.3. The van der Waals surface area contributed by atoms with E-state index in [1.54, 1.807) is 56.2 Å². The minimum absolute atomic E-state index is 0.0511. The maximum Gasteiger partial charge on any atom is 0.435 e. The molecule has 0 atom stereocenters. The number of halogens is 3. The van der Waals surface area contributed by atoms with E-state index in [2.05, 4.69) is 287 Å². The minimum Gasteiger partial charge on any atom is -0.446 e. The Labute approximate surface area is 814 Å². The topological polar surface area (TPSA) is 315 Å². The third kappa shape index (κ3) is 45.5. The molecule has 0 spiro atoms. The van der Waals surface area contributed by atoms with Crippen LogP contribution in [0.3, 0.4) is 0 Å². The number of oxazole rings is 1. The van der Waals surface area contributed by atoms with Gasteiger partial charge in [-0.25, -0.2) is 19.9 Å². The van der Waals surface area contributed by atoms with E-state index in [4.69, 9.17) is 18.4 Å². The van der Waals surface area contributed by atoms with Crippen molar-refractivity contribution in [2.75, 3.05) is 39.5 Å². The number of imidazole rings is 1. The molecule has 1 amide bonds. The van der Waals surface area contributed by atoms with Gasteiger partial charge in [-0.15, -0.1) is 31.7 Å². The Kier molecular flexibility index (Phi) is 52.2. The molecule has 16 rings (SSSR count). The number of aryl methyl sites for hydroxylation is 8. The smallest absolute Gasteiger partial charge is 0.435 e. The van der Waals surface area contributed by atoms with Gasteiger partial charge in [-0.1, -0.05) is 196 Å². The van der Waals surface area contributed by atoms with Crippen molar-refractivity contribution in [1.29, 1.82) is 0 Å². The molecule has 0 aromatic carbocycles. The van der Waals surface area contributed by atoms with Crippen molar-refractivity contribution in [1.82, 2.24) is 109 Å². The number of nitrogens with one attached hydrogen (secondary N) is 1. The number of hydrogen-bond acceptors (Lipinski definition) is 25.